The van der Waals surface area contributed by atoms with Crippen molar-refractivity contribution >= 4 is 5.97 Å². The van der Waals surface area contributed by atoms with Gasteiger partial charge in [0.2, 0.25) is 0 Å². The van der Waals surface area contributed by atoms with E-state index < -0.39 is 5.97 Å². The van der Waals surface area contributed by atoms with Gasteiger partial charge in [0, 0.05) is 12.6 Å². The molecule has 0 atom stereocenters. The largest absolute Gasteiger partial charge is 0.478 e. The molecule has 1 rings (SSSR count). The molecule has 0 heterocycles. The molecular formula is C12H17NO2. The molecule has 82 valence electrons. The molecule has 15 heavy (non-hydrogen) atoms. The summed E-state index contributed by atoms with van der Waals surface area (Å²) in [7, 11) is 0. The lowest BCUT2D eigenvalue weighted by atomic mass is 10.0. The first kappa shape index (κ1) is 11.7. The number of nitrogens with one attached hydrogen (secondary N) is 1. The Labute approximate surface area is 90.1 Å². The van der Waals surface area contributed by atoms with Crippen molar-refractivity contribution in [3.05, 3.63) is 34.9 Å². The summed E-state index contributed by atoms with van der Waals surface area (Å²) in [5.41, 5.74) is 2.28. The Morgan fingerprint density at radius 3 is 2.67 bits per heavy atom. The Balaban J connectivity index is 2.89. The smallest absolute Gasteiger partial charge is 0.335 e. The molecule has 1 aromatic rings. The van der Waals surface area contributed by atoms with Gasteiger partial charge in [-0.2, -0.15) is 0 Å². The summed E-state index contributed by atoms with van der Waals surface area (Å²) in [6, 6.07) is 5.78. The highest BCUT2D eigenvalue weighted by Crippen LogP contribution is 2.13. The second kappa shape index (κ2) is 4.94. The number of aromatic carboxylic acids is 1. The molecule has 0 bridgehead atoms. The number of carboxylic acid groups (broad SMARTS) is 1. The van der Waals surface area contributed by atoms with Crippen LogP contribution in [-0.4, -0.2) is 17.1 Å². The molecule has 3 heteroatoms. The summed E-state index contributed by atoms with van der Waals surface area (Å²) in [6.07, 6.45) is 0. The van der Waals surface area contributed by atoms with Crippen LogP contribution in [0.5, 0.6) is 0 Å². The third kappa shape index (κ3) is 3.06. The number of carbonyl (C=O) groups is 1. The minimum atomic E-state index is -0.862. The fourth-order valence-electron chi connectivity index (χ4n) is 1.42. The van der Waals surface area contributed by atoms with Crippen LogP contribution in [0.3, 0.4) is 0 Å². The molecule has 0 saturated carbocycles. The van der Waals surface area contributed by atoms with E-state index >= 15 is 0 Å². The van der Waals surface area contributed by atoms with E-state index in [9.17, 15) is 4.79 Å². The van der Waals surface area contributed by atoms with E-state index in [1.807, 2.05) is 13.0 Å². The van der Waals surface area contributed by atoms with Gasteiger partial charge in [-0.1, -0.05) is 26.0 Å². The van der Waals surface area contributed by atoms with E-state index in [0.717, 1.165) is 11.1 Å². The molecule has 0 fully saturated rings. The Morgan fingerprint density at radius 2 is 2.13 bits per heavy atom. The fourth-order valence-corrected chi connectivity index (χ4v) is 1.42. The summed E-state index contributed by atoms with van der Waals surface area (Å²) >= 11 is 0. The van der Waals surface area contributed by atoms with Gasteiger partial charge in [0.1, 0.15) is 0 Å². The SMILES string of the molecule is Cc1c(CNC(C)C)cccc1C(=O)O. The van der Waals surface area contributed by atoms with E-state index in [-0.39, 0.29) is 0 Å². The van der Waals surface area contributed by atoms with Crippen LogP contribution in [-0.2, 0) is 6.54 Å². The van der Waals surface area contributed by atoms with Crippen LogP contribution < -0.4 is 5.32 Å². The zero-order chi connectivity index (χ0) is 11.4. The van der Waals surface area contributed by atoms with Gasteiger partial charge in [0.05, 0.1) is 5.56 Å². The summed E-state index contributed by atoms with van der Waals surface area (Å²) in [6.45, 7) is 6.69. The van der Waals surface area contributed by atoms with Gasteiger partial charge in [-0.05, 0) is 24.1 Å². The lowest BCUT2D eigenvalue weighted by Crippen LogP contribution is -2.22. The fraction of sp³-hybridized carbons (Fsp3) is 0.417. The Kier molecular flexibility index (Phi) is 3.86. The molecular weight excluding hydrogens is 190 g/mol. The molecule has 0 amide bonds. The van der Waals surface area contributed by atoms with Crippen molar-refractivity contribution in [2.45, 2.75) is 33.4 Å². The first-order valence-corrected chi connectivity index (χ1v) is 5.07. The minimum Gasteiger partial charge on any atom is -0.478 e. The van der Waals surface area contributed by atoms with Gasteiger partial charge in [-0.25, -0.2) is 4.79 Å². The van der Waals surface area contributed by atoms with Crippen LogP contribution in [0.1, 0.15) is 35.3 Å². The minimum absolute atomic E-state index is 0.387. The van der Waals surface area contributed by atoms with Crippen molar-refractivity contribution < 1.29 is 9.90 Å². The number of benzene rings is 1. The van der Waals surface area contributed by atoms with Crippen LogP contribution in [0.25, 0.3) is 0 Å². The van der Waals surface area contributed by atoms with E-state index in [4.69, 9.17) is 5.11 Å². The topological polar surface area (TPSA) is 49.3 Å². The molecule has 0 aromatic heterocycles. The lowest BCUT2D eigenvalue weighted by Gasteiger charge is -2.11. The molecule has 0 saturated heterocycles. The van der Waals surface area contributed by atoms with Gasteiger partial charge in [-0.3, -0.25) is 0 Å². The molecule has 2 N–H and O–H groups in total. The second-order valence-corrected chi connectivity index (χ2v) is 3.93. The van der Waals surface area contributed by atoms with Crippen LogP contribution in [0.2, 0.25) is 0 Å². The van der Waals surface area contributed by atoms with Gasteiger partial charge >= 0.3 is 5.97 Å². The predicted octanol–water partition coefficient (Wildman–Crippen LogP) is 2.19. The van der Waals surface area contributed by atoms with Crippen molar-refractivity contribution in [1.29, 1.82) is 0 Å². The van der Waals surface area contributed by atoms with Gasteiger partial charge < -0.3 is 10.4 Å². The van der Waals surface area contributed by atoms with Crippen molar-refractivity contribution in [2.75, 3.05) is 0 Å². The number of rotatable bonds is 4. The molecule has 0 aliphatic rings. The highest BCUT2D eigenvalue weighted by Gasteiger charge is 2.09. The van der Waals surface area contributed by atoms with Crippen molar-refractivity contribution in [2.24, 2.45) is 0 Å². The molecule has 0 unspecified atom stereocenters. The zero-order valence-electron chi connectivity index (χ0n) is 9.37. The van der Waals surface area contributed by atoms with E-state index in [1.54, 1.807) is 12.1 Å². The molecule has 0 spiro atoms. The number of carboxylic acids is 1. The van der Waals surface area contributed by atoms with E-state index in [2.05, 4.69) is 19.2 Å². The highest BCUT2D eigenvalue weighted by atomic mass is 16.4. The van der Waals surface area contributed by atoms with Crippen molar-refractivity contribution in [3.63, 3.8) is 0 Å². The third-order valence-corrected chi connectivity index (χ3v) is 2.38. The van der Waals surface area contributed by atoms with Crippen LogP contribution in [0.4, 0.5) is 0 Å². The van der Waals surface area contributed by atoms with E-state index in [0.29, 0.717) is 18.2 Å². The Morgan fingerprint density at radius 1 is 1.47 bits per heavy atom. The lowest BCUT2D eigenvalue weighted by molar-refractivity contribution is 0.0696. The molecule has 1 aromatic carbocycles. The highest BCUT2D eigenvalue weighted by molar-refractivity contribution is 5.89. The van der Waals surface area contributed by atoms with Crippen LogP contribution in [0, 0.1) is 6.92 Å². The van der Waals surface area contributed by atoms with Crippen LogP contribution >= 0.6 is 0 Å². The normalized spacial score (nSPS) is 10.7. The summed E-state index contributed by atoms with van der Waals surface area (Å²) in [4.78, 5) is 10.9. The summed E-state index contributed by atoms with van der Waals surface area (Å²) < 4.78 is 0. The van der Waals surface area contributed by atoms with Gasteiger partial charge in [0.15, 0.2) is 0 Å². The first-order chi connectivity index (χ1) is 7.02. The average Bonchev–Trinajstić information content (AvgIpc) is 2.15. The first-order valence-electron chi connectivity index (χ1n) is 5.07. The molecule has 3 nitrogen and oxygen atoms in total. The predicted molar refractivity (Wildman–Crippen MR) is 60.1 cm³/mol. The van der Waals surface area contributed by atoms with Gasteiger partial charge in [0.25, 0.3) is 0 Å². The Bertz CT molecular complexity index is 359. The summed E-state index contributed by atoms with van der Waals surface area (Å²) in [5, 5.41) is 12.2. The zero-order valence-corrected chi connectivity index (χ0v) is 9.37. The maximum absolute atomic E-state index is 10.9. The third-order valence-electron chi connectivity index (χ3n) is 2.38. The molecule has 0 aliphatic carbocycles. The Hall–Kier alpha value is -1.35. The average molecular weight is 207 g/mol. The van der Waals surface area contributed by atoms with E-state index in [1.165, 1.54) is 0 Å². The molecule has 0 aliphatic heterocycles. The maximum atomic E-state index is 10.9. The van der Waals surface area contributed by atoms with Crippen molar-refractivity contribution in [3.8, 4) is 0 Å². The molecule has 0 radical (unpaired) electrons. The quantitative estimate of drug-likeness (QED) is 0.795. The number of hydrogen-bond donors (Lipinski definition) is 2. The standard InChI is InChI=1S/C12H17NO2/c1-8(2)13-7-10-5-4-6-11(9(10)3)12(14)15/h4-6,8,13H,7H2,1-3H3,(H,14,15). The maximum Gasteiger partial charge on any atom is 0.335 e. The second-order valence-electron chi connectivity index (χ2n) is 3.93. The van der Waals surface area contributed by atoms with Crippen molar-refractivity contribution in [1.82, 2.24) is 5.32 Å². The summed E-state index contributed by atoms with van der Waals surface area (Å²) in [5.74, 6) is -0.862. The number of hydrogen-bond acceptors (Lipinski definition) is 2. The van der Waals surface area contributed by atoms with Gasteiger partial charge in [-0.15, -0.1) is 0 Å². The van der Waals surface area contributed by atoms with Crippen LogP contribution in [0.15, 0.2) is 18.2 Å². The monoisotopic (exact) mass is 207 g/mol.